The van der Waals surface area contributed by atoms with Crippen molar-refractivity contribution in [2.75, 3.05) is 0 Å². The van der Waals surface area contributed by atoms with Gasteiger partial charge in [-0.15, -0.1) is 0 Å². The normalized spacial score (nSPS) is 11.9. The maximum Gasteiger partial charge on any atom is 0.261 e. The fourth-order valence-electron chi connectivity index (χ4n) is 2.94. The molecule has 0 aliphatic carbocycles. The van der Waals surface area contributed by atoms with Gasteiger partial charge in [-0.1, -0.05) is 62.4 Å². The molecule has 3 aromatic carbocycles. The molecule has 3 aromatic rings. The molecule has 0 saturated carbocycles. The zero-order valence-corrected chi connectivity index (χ0v) is 15.4. The van der Waals surface area contributed by atoms with Crippen molar-refractivity contribution < 1.29 is 9.53 Å². The summed E-state index contributed by atoms with van der Waals surface area (Å²) in [5.41, 5.74) is 2.34. The van der Waals surface area contributed by atoms with E-state index >= 15 is 0 Å². The molecule has 0 aromatic heterocycles. The Bertz CT molecular complexity index is 871. The third-order valence-corrected chi connectivity index (χ3v) is 4.55. The standard InChI is InChI=1S/C23H25NO2/c1-3-17-10-13-21(14-11-17)26-22(4-2)23(25)24-16-18-9-12-19-7-5-6-8-20(19)15-18/h5-15,22H,3-4,16H2,1-2H3,(H,24,25)/t22-/m0/s1. The molecule has 1 amide bonds. The predicted octanol–water partition coefficient (Wildman–Crippen LogP) is 4.88. The summed E-state index contributed by atoms with van der Waals surface area (Å²) in [5, 5.41) is 5.37. The third kappa shape index (κ3) is 4.42. The fraction of sp³-hybridized carbons (Fsp3) is 0.261. The van der Waals surface area contributed by atoms with Crippen LogP contribution in [0.2, 0.25) is 0 Å². The van der Waals surface area contributed by atoms with E-state index in [1.165, 1.54) is 16.3 Å². The summed E-state index contributed by atoms with van der Waals surface area (Å²) < 4.78 is 5.87. The quantitative estimate of drug-likeness (QED) is 0.662. The van der Waals surface area contributed by atoms with E-state index in [9.17, 15) is 4.79 Å². The van der Waals surface area contributed by atoms with Crippen LogP contribution < -0.4 is 10.1 Å². The third-order valence-electron chi connectivity index (χ3n) is 4.55. The van der Waals surface area contributed by atoms with Crippen molar-refractivity contribution in [3.05, 3.63) is 77.9 Å². The smallest absolute Gasteiger partial charge is 0.261 e. The van der Waals surface area contributed by atoms with Crippen molar-refractivity contribution in [1.29, 1.82) is 0 Å². The molecule has 3 rings (SSSR count). The summed E-state index contributed by atoms with van der Waals surface area (Å²) in [6.45, 7) is 4.57. The molecule has 26 heavy (non-hydrogen) atoms. The van der Waals surface area contributed by atoms with Crippen molar-refractivity contribution in [3.63, 3.8) is 0 Å². The first-order chi connectivity index (χ1) is 12.7. The van der Waals surface area contributed by atoms with Gasteiger partial charge < -0.3 is 10.1 Å². The maximum atomic E-state index is 12.5. The molecule has 1 N–H and O–H groups in total. The minimum atomic E-state index is -0.483. The molecule has 0 fully saturated rings. The summed E-state index contributed by atoms with van der Waals surface area (Å²) in [7, 11) is 0. The molecule has 0 radical (unpaired) electrons. The van der Waals surface area contributed by atoms with Crippen LogP contribution in [-0.4, -0.2) is 12.0 Å². The highest BCUT2D eigenvalue weighted by molar-refractivity contribution is 5.83. The second kappa shape index (κ2) is 8.52. The Morgan fingerprint density at radius 1 is 0.923 bits per heavy atom. The van der Waals surface area contributed by atoms with Gasteiger partial charge in [0, 0.05) is 6.54 Å². The number of aryl methyl sites for hydroxylation is 1. The van der Waals surface area contributed by atoms with Crippen molar-refractivity contribution in [2.24, 2.45) is 0 Å². The molecule has 0 bridgehead atoms. The number of carbonyl (C=O) groups is 1. The van der Waals surface area contributed by atoms with Gasteiger partial charge in [-0.25, -0.2) is 0 Å². The summed E-state index contributed by atoms with van der Waals surface area (Å²) in [5.74, 6) is 0.648. The summed E-state index contributed by atoms with van der Waals surface area (Å²) in [6.07, 6.45) is 1.13. The van der Waals surface area contributed by atoms with Gasteiger partial charge in [-0.2, -0.15) is 0 Å². The Labute approximate surface area is 155 Å². The summed E-state index contributed by atoms with van der Waals surface area (Å²) in [4.78, 5) is 12.5. The average molecular weight is 347 g/mol. The van der Waals surface area contributed by atoms with Gasteiger partial charge >= 0.3 is 0 Å². The van der Waals surface area contributed by atoms with Gasteiger partial charge in [0.1, 0.15) is 5.75 Å². The van der Waals surface area contributed by atoms with E-state index in [4.69, 9.17) is 4.74 Å². The van der Waals surface area contributed by atoms with E-state index in [0.717, 1.165) is 17.7 Å². The van der Waals surface area contributed by atoms with E-state index < -0.39 is 6.10 Å². The number of hydrogen-bond acceptors (Lipinski definition) is 2. The second-order valence-electron chi connectivity index (χ2n) is 6.41. The van der Waals surface area contributed by atoms with Crippen molar-refractivity contribution in [2.45, 2.75) is 39.3 Å². The maximum absolute atomic E-state index is 12.5. The van der Waals surface area contributed by atoms with Crippen LogP contribution in [0, 0.1) is 0 Å². The fourth-order valence-corrected chi connectivity index (χ4v) is 2.94. The minimum absolute atomic E-state index is 0.0831. The van der Waals surface area contributed by atoms with Gasteiger partial charge in [0.25, 0.3) is 5.91 Å². The molecule has 0 heterocycles. The largest absolute Gasteiger partial charge is 0.481 e. The van der Waals surface area contributed by atoms with Gasteiger partial charge in [0.2, 0.25) is 0 Å². The predicted molar refractivity (Wildman–Crippen MR) is 106 cm³/mol. The highest BCUT2D eigenvalue weighted by Gasteiger charge is 2.18. The lowest BCUT2D eigenvalue weighted by Crippen LogP contribution is -2.37. The Hall–Kier alpha value is -2.81. The number of rotatable bonds is 7. The summed E-state index contributed by atoms with van der Waals surface area (Å²) >= 11 is 0. The number of ether oxygens (including phenoxy) is 1. The minimum Gasteiger partial charge on any atom is -0.481 e. The molecule has 1 atom stereocenters. The van der Waals surface area contributed by atoms with Gasteiger partial charge in [-0.3, -0.25) is 4.79 Å². The van der Waals surface area contributed by atoms with Crippen LogP contribution >= 0.6 is 0 Å². The second-order valence-corrected chi connectivity index (χ2v) is 6.41. The van der Waals surface area contributed by atoms with E-state index in [1.54, 1.807) is 0 Å². The summed E-state index contributed by atoms with van der Waals surface area (Å²) in [6, 6.07) is 22.4. The molecule has 0 aliphatic rings. The zero-order chi connectivity index (χ0) is 18.4. The molecule has 0 saturated heterocycles. The number of amides is 1. The first-order valence-corrected chi connectivity index (χ1v) is 9.20. The van der Waals surface area contributed by atoms with Crippen LogP contribution in [0.4, 0.5) is 0 Å². The van der Waals surface area contributed by atoms with E-state index in [2.05, 4.69) is 36.5 Å². The molecular formula is C23H25NO2. The van der Waals surface area contributed by atoms with Gasteiger partial charge in [-0.05, 0) is 52.9 Å². The average Bonchev–Trinajstić information content (AvgIpc) is 2.70. The SMILES string of the molecule is CCc1ccc(O[C@@H](CC)C(=O)NCc2ccc3ccccc3c2)cc1. The lowest BCUT2D eigenvalue weighted by Gasteiger charge is -2.17. The van der Waals surface area contributed by atoms with Crippen molar-refractivity contribution >= 4 is 16.7 Å². The molecule has 0 spiro atoms. The molecule has 134 valence electrons. The van der Waals surface area contributed by atoms with Crippen LogP contribution in [0.25, 0.3) is 10.8 Å². The number of carbonyl (C=O) groups excluding carboxylic acids is 1. The Morgan fingerprint density at radius 3 is 2.31 bits per heavy atom. The number of hydrogen-bond donors (Lipinski definition) is 1. The van der Waals surface area contributed by atoms with Crippen molar-refractivity contribution in [3.8, 4) is 5.75 Å². The van der Waals surface area contributed by atoms with Crippen molar-refractivity contribution in [1.82, 2.24) is 5.32 Å². The lowest BCUT2D eigenvalue weighted by atomic mass is 10.1. The first-order valence-electron chi connectivity index (χ1n) is 9.20. The lowest BCUT2D eigenvalue weighted by molar-refractivity contribution is -0.128. The molecule has 0 aliphatic heterocycles. The van der Waals surface area contributed by atoms with E-state index in [-0.39, 0.29) is 5.91 Å². The van der Waals surface area contributed by atoms with E-state index in [0.29, 0.717) is 13.0 Å². The number of fused-ring (bicyclic) bond motifs is 1. The van der Waals surface area contributed by atoms with Crippen LogP contribution in [0.5, 0.6) is 5.75 Å². The molecular weight excluding hydrogens is 322 g/mol. The monoisotopic (exact) mass is 347 g/mol. The molecule has 3 nitrogen and oxygen atoms in total. The number of benzene rings is 3. The van der Waals surface area contributed by atoms with Gasteiger partial charge in [0.05, 0.1) is 0 Å². The Balaban J connectivity index is 1.60. The topological polar surface area (TPSA) is 38.3 Å². The van der Waals surface area contributed by atoms with Crippen LogP contribution in [-0.2, 0) is 17.8 Å². The Morgan fingerprint density at radius 2 is 1.62 bits per heavy atom. The zero-order valence-electron chi connectivity index (χ0n) is 15.4. The van der Waals surface area contributed by atoms with E-state index in [1.807, 2.05) is 49.4 Å². The molecule has 3 heteroatoms. The first kappa shape index (κ1) is 18.0. The molecule has 0 unspecified atom stereocenters. The highest BCUT2D eigenvalue weighted by atomic mass is 16.5. The number of nitrogens with one attached hydrogen (secondary N) is 1. The van der Waals surface area contributed by atoms with Crippen LogP contribution in [0.1, 0.15) is 31.4 Å². The van der Waals surface area contributed by atoms with Crippen LogP contribution in [0.3, 0.4) is 0 Å². The van der Waals surface area contributed by atoms with Gasteiger partial charge in [0.15, 0.2) is 6.10 Å². The Kier molecular flexibility index (Phi) is 5.90. The van der Waals surface area contributed by atoms with Crippen LogP contribution in [0.15, 0.2) is 66.7 Å². The highest BCUT2D eigenvalue weighted by Crippen LogP contribution is 2.17.